The summed E-state index contributed by atoms with van der Waals surface area (Å²) in [5.74, 6) is 0.309. The smallest absolute Gasteiger partial charge is 0.281 e. The molecular weight excluding hydrogens is 449 g/mol. The Balaban J connectivity index is 1.76. The maximum absolute atomic E-state index is 13.3. The second kappa shape index (κ2) is 8.92. The number of carbonyl (C=O) groups excluding carboxylic acids is 1. The van der Waals surface area contributed by atoms with Crippen LogP contribution >= 0.6 is 23.2 Å². The first kappa shape index (κ1) is 22.3. The Kier molecular flexibility index (Phi) is 6.22. The van der Waals surface area contributed by atoms with Gasteiger partial charge in [0.1, 0.15) is 30.5 Å². The molecule has 1 aromatic heterocycles. The highest BCUT2D eigenvalue weighted by atomic mass is 35.5. The zero-order valence-corrected chi connectivity index (χ0v) is 19.5. The van der Waals surface area contributed by atoms with Gasteiger partial charge in [-0.1, -0.05) is 68.2 Å². The van der Waals surface area contributed by atoms with Crippen molar-refractivity contribution in [3.05, 3.63) is 76.8 Å². The average Bonchev–Trinajstić information content (AvgIpc) is 3.40. The molecule has 0 radical (unpaired) electrons. The number of aromatic nitrogens is 3. The minimum absolute atomic E-state index is 0.170. The maximum atomic E-state index is 13.3. The molecule has 166 valence electrons. The summed E-state index contributed by atoms with van der Waals surface area (Å²) in [6.07, 6.45) is 3.08. The number of hydrazone groups is 1. The Labute approximate surface area is 196 Å². The molecular formula is C23H23Cl2N5O2. The molecule has 32 heavy (non-hydrogen) atoms. The molecule has 0 saturated heterocycles. The van der Waals surface area contributed by atoms with Crippen LogP contribution < -0.4 is 4.74 Å². The molecule has 0 N–H and O–H groups in total. The molecule has 9 heteroatoms. The Morgan fingerprint density at radius 3 is 2.47 bits per heavy atom. The van der Waals surface area contributed by atoms with E-state index in [9.17, 15) is 4.79 Å². The van der Waals surface area contributed by atoms with Gasteiger partial charge in [0, 0.05) is 15.5 Å². The maximum Gasteiger partial charge on any atom is 0.281 e. The van der Waals surface area contributed by atoms with Gasteiger partial charge in [0.25, 0.3) is 5.91 Å². The largest absolute Gasteiger partial charge is 0.484 e. The van der Waals surface area contributed by atoms with Gasteiger partial charge in [0.15, 0.2) is 6.61 Å². The van der Waals surface area contributed by atoms with Crippen molar-refractivity contribution in [3.63, 3.8) is 0 Å². The van der Waals surface area contributed by atoms with Crippen molar-refractivity contribution in [1.29, 1.82) is 0 Å². The molecule has 7 nitrogen and oxygen atoms in total. The third-order valence-corrected chi connectivity index (χ3v) is 5.75. The number of amides is 1. The monoisotopic (exact) mass is 471 g/mol. The summed E-state index contributed by atoms with van der Waals surface area (Å²) in [4.78, 5) is 17.5. The van der Waals surface area contributed by atoms with Crippen molar-refractivity contribution < 1.29 is 9.53 Å². The lowest BCUT2D eigenvalue weighted by Crippen LogP contribution is -2.36. The highest BCUT2D eigenvalue weighted by Gasteiger charge is 2.47. The predicted octanol–water partition coefficient (Wildman–Crippen LogP) is 5.19. The van der Waals surface area contributed by atoms with E-state index in [1.807, 2.05) is 45.0 Å². The number of ether oxygens (including phenoxy) is 1. The number of rotatable bonds is 5. The molecule has 0 spiro atoms. The zero-order valence-electron chi connectivity index (χ0n) is 17.9. The average molecular weight is 472 g/mol. The van der Waals surface area contributed by atoms with Gasteiger partial charge in [0.2, 0.25) is 0 Å². The lowest BCUT2D eigenvalue weighted by atomic mass is 9.82. The van der Waals surface area contributed by atoms with Crippen LogP contribution in [0.5, 0.6) is 5.75 Å². The Bertz CT molecular complexity index is 1130. The second-order valence-corrected chi connectivity index (χ2v) is 9.35. The van der Waals surface area contributed by atoms with Crippen molar-refractivity contribution in [3.8, 4) is 5.75 Å². The van der Waals surface area contributed by atoms with Gasteiger partial charge in [-0.15, -0.1) is 0 Å². The van der Waals surface area contributed by atoms with Crippen LogP contribution in [-0.2, 0) is 4.79 Å². The highest BCUT2D eigenvalue weighted by Crippen LogP contribution is 2.45. The van der Waals surface area contributed by atoms with Crippen molar-refractivity contribution in [2.45, 2.75) is 32.9 Å². The molecule has 4 rings (SSSR count). The molecule has 0 bridgehead atoms. The van der Waals surface area contributed by atoms with Crippen molar-refractivity contribution in [2.75, 3.05) is 6.61 Å². The zero-order chi connectivity index (χ0) is 22.9. The van der Waals surface area contributed by atoms with Gasteiger partial charge >= 0.3 is 0 Å². The van der Waals surface area contributed by atoms with Gasteiger partial charge in [0.05, 0.1) is 5.71 Å². The summed E-state index contributed by atoms with van der Waals surface area (Å²) in [6.45, 7) is 5.97. The summed E-state index contributed by atoms with van der Waals surface area (Å²) >= 11 is 12.7. The topological polar surface area (TPSA) is 72.6 Å². The second-order valence-electron chi connectivity index (χ2n) is 8.51. The van der Waals surface area contributed by atoms with Crippen LogP contribution in [0.1, 0.15) is 38.4 Å². The number of para-hydroxylation sites is 1. The molecule has 1 amide bonds. The van der Waals surface area contributed by atoms with Crippen LogP contribution in [0.25, 0.3) is 0 Å². The quantitative estimate of drug-likeness (QED) is 0.512. The van der Waals surface area contributed by atoms with E-state index >= 15 is 0 Å². The molecule has 2 unspecified atom stereocenters. The number of hydrogen-bond donors (Lipinski definition) is 0. The summed E-state index contributed by atoms with van der Waals surface area (Å²) in [7, 11) is 0. The summed E-state index contributed by atoms with van der Waals surface area (Å²) in [5.41, 5.74) is 1.16. The van der Waals surface area contributed by atoms with E-state index in [0.29, 0.717) is 21.4 Å². The van der Waals surface area contributed by atoms with Crippen molar-refractivity contribution >= 4 is 34.8 Å². The van der Waals surface area contributed by atoms with Gasteiger partial charge < -0.3 is 4.74 Å². The first-order valence-electron chi connectivity index (χ1n) is 10.1. The van der Waals surface area contributed by atoms with E-state index in [4.69, 9.17) is 33.0 Å². The molecule has 1 aliphatic heterocycles. The van der Waals surface area contributed by atoms with Gasteiger partial charge in [-0.25, -0.2) is 14.7 Å². The fourth-order valence-electron chi connectivity index (χ4n) is 3.73. The molecule has 2 atom stereocenters. The van der Waals surface area contributed by atoms with Crippen LogP contribution in [0, 0.1) is 5.41 Å². The van der Waals surface area contributed by atoms with Gasteiger partial charge in [-0.3, -0.25) is 4.79 Å². The summed E-state index contributed by atoms with van der Waals surface area (Å²) in [5, 5.41) is 11.5. The third-order valence-electron chi connectivity index (χ3n) is 5.19. The van der Waals surface area contributed by atoms with Crippen LogP contribution in [0.4, 0.5) is 0 Å². The van der Waals surface area contributed by atoms with Gasteiger partial charge in [-0.2, -0.15) is 10.2 Å². The van der Waals surface area contributed by atoms with Crippen LogP contribution in [0.2, 0.25) is 10.0 Å². The molecule has 2 heterocycles. The molecule has 0 saturated carbocycles. The van der Waals surface area contributed by atoms with Gasteiger partial charge in [-0.05, 0) is 29.8 Å². The van der Waals surface area contributed by atoms with Crippen LogP contribution in [0.15, 0.2) is 66.3 Å². The molecule has 0 fully saturated rings. The standard InChI is InChI=1S/C23H23Cl2N5O2/c1-23(2,3)22-21(29-14-26-13-27-29)20(17-10-9-15(24)11-18(17)25)30(28-22)19(31)12-32-16-7-5-4-6-8-16/h4-11,13-14,20-21H,12H2,1-3H3. The fraction of sp³-hybridized carbons (Fsp3) is 0.304. The van der Waals surface area contributed by atoms with E-state index in [1.54, 1.807) is 35.3 Å². The summed E-state index contributed by atoms with van der Waals surface area (Å²) in [6, 6.07) is 13.5. The van der Waals surface area contributed by atoms with E-state index in [2.05, 4.69) is 10.1 Å². The molecule has 3 aromatic rings. The number of halogens is 2. The number of benzene rings is 2. The van der Waals surface area contributed by atoms with Crippen molar-refractivity contribution in [1.82, 2.24) is 19.8 Å². The highest BCUT2D eigenvalue weighted by molar-refractivity contribution is 6.35. The minimum atomic E-state index is -0.539. The Hall–Kier alpha value is -2.90. The molecule has 1 aliphatic rings. The minimum Gasteiger partial charge on any atom is -0.484 e. The summed E-state index contributed by atoms with van der Waals surface area (Å²) < 4.78 is 7.42. The SMILES string of the molecule is CC(C)(C)C1=NN(C(=O)COc2ccccc2)C(c2ccc(Cl)cc2Cl)C1n1cncn1. The third kappa shape index (κ3) is 4.49. The number of carbonyl (C=O) groups is 1. The lowest BCUT2D eigenvalue weighted by molar-refractivity contribution is -0.135. The van der Waals surface area contributed by atoms with Crippen LogP contribution in [0.3, 0.4) is 0 Å². The lowest BCUT2D eigenvalue weighted by Gasteiger charge is -2.30. The number of hydrogen-bond acceptors (Lipinski definition) is 5. The van der Waals surface area contributed by atoms with Crippen molar-refractivity contribution in [2.24, 2.45) is 10.5 Å². The molecule has 0 aliphatic carbocycles. The van der Waals surface area contributed by atoms with E-state index in [1.165, 1.54) is 11.3 Å². The fourth-order valence-corrected chi connectivity index (χ4v) is 4.25. The Morgan fingerprint density at radius 1 is 1.09 bits per heavy atom. The van der Waals surface area contributed by atoms with E-state index < -0.39 is 12.1 Å². The van der Waals surface area contributed by atoms with E-state index in [-0.39, 0.29) is 17.9 Å². The first-order valence-corrected chi connectivity index (χ1v) is 10.9. The molecule has 2 aromatic carbocycles. The van der Waals surface area contributed by atoms with E-state index in [0.717, 1.165) is 5.71 Å². The number of nitrogens with zero attached hydrogens (tertiary/aromatic N) is 5. The normalized spacial score (nSPS) is 18.5. The van der Waals surface area contributed by atoms with Crippen LogP contribution in [-0.4, -0.2) is 38.0 Å². The first-order chi connectivity index (χ1) is 15.3. The Morgan fingerprint density at radius 2 is 1.84 bits per heavy atom. The predicted molar refractivity (Wildman–Crippen MR) is 124 cm³/mol.